The van der Waals surface area contributed by atoms with E-state index in [9.17, 15) is 18.8 Å². The summed E-state index contributed by atoms with van der Waals surface area (Å²) in [5.41, 5.74) is 0.974. The van der Waals surface area contributed by atoms with Gasteiger partial charge in [0.2, 0.25) is 5.91 Å². The Hall–Kier alpha value is -2.24. The van der Waals surface area contributed by atoms with Crippen molar-refractivity contribution in [2.75, 3.05) is 7.05 Å². The van der Waals surface area contributed by atoms with Crippen LogP contribution in [-0.4, -0.2) is 36.1 Å². The molecule has 5 nitrogen and oxygen atoms in total. The average molecular weight is 278 g/mol. The number of nitrogens with zero attached hydrogens (tertiary/aromatic N) is 1. The van der Waals surface area contributed by atoms with E-state index in [-0.39, 0.29) is 31.2 Å². The quantitative estimate of drug-likeness (QED) is 0.813. The monoisotopic (exact) mass is 278 g/mol. The molecule has 2 amide bonds. The van der Waals surface area contributed by atoms with Crippen LogP contribution in [0.2, 0.25) is 0 Å². The Morgan fingerprint density at radius 3 is 2.95 bits per heavy atom. The number of fused-ring (bicyclic) bond motifs is 1. The molecule has 0 saturated heterocycles. The van der Waals surface area contributed by atoms with Crippen molar-refractivity contribution in [2.45, 2.75) is 25.4 Å². The van der Waals surface area contributed by atoms with Crippen LogP contribution >= 0.6 is 0 Å². The van der Waals surface area contributed by atoms with E-state index >= 15 is 0 Å². The number of likely N-dealkylation sites (N-methyl/N-ethyl adjacent to an activating group) is 1. The van der Waals surface area contributed by atoms with Gasteiger partial charge in [-0.3, -0.25) is 9.59 Å². The standard InChI is InChI=1S/C14H15FN2O3/c1-16-13(19)12(3-2-6-18)17-8-9-7-10(15)4-5-11(9)14(17)20/h4-7,12H,2-3,8H2,1H3,(H,16,19). The lowest BCUT2D eigenvalue weighted by molar-refractivity contribution is -0.125. The summed E-state index contributed by atoms with van der Waals surface area (Å²) in [5, 5.41) is 2.49. The Morgan fingerprint density at radius 1 is 1.55 bits per heavy atom. The van der Waals surface area contributed by atoms with Crippen molar-refractivity contribution in [3.63, 3.8) is 0 Å². The lowest BCUT2D eigenvalue weighted by Gasteiger charge is -2.25. The highest BCUT2D eigenvalue weighted by Crippen LogP contribution is 2.26. The van der Waals surface area contributed by atoms with Crippen LogP contribution in [0.5, 0.6) is 0 Å². The van der Waals surface area contributed by atoms with E-state index in [1.807, 2.05) is 0 Å². The van der Waals surface area contributed by atoms with Gasteiger partial charge in [0.1, 0.15) is 18.1 Å². The smallest absolute Gasteiger partial charge is 0.255 e. The number of benzene rings is 1. The fraction of sp³-hybridized carbons (Fsp3) is 0.357. The van der Waals surface area contributed by atoms with Gasteiger partial charge >= 0.3 is 0 Å². The molecular formula is C14H15FN2O3. The third kappa shape index (κ3) is 2.54. The number of nitrogens with one attached hydrogen (secondary N) is 1. The maximum absolute atomic E-state index is 13.2. The fourth-order valence-electron chi connectivity index (χ4n) is 2.38. The average Bonchev–Trinajstić information content (AvgIpc) is 2.75. The zero-order valence-electron chi connectivity index (χ0n) is 11.1. The Kier molecular flexibility index (Phi) is 4.12. The second-order valence-corrected chi connectivity index (χ2v) is 4.61. The first-order valence-corrected chi connectivity index (χ1v) is 6.33. The molecule has 0 bridgehead atoms. The molecule has 1 atom stereocenters. The van der Waals surface area contributed by atoms with E-state index in [1.54, 1.807) is 0 Å². The second kappa shape index (κ2) is 5.81. The second-order valence-electron chi connectivity index (χ2n) is 4.61. The fourth-order valence-corrected chi connectivity index (χ4v) is 2.38. The first kappa shape index (κ1) is 14.2. The molecule has 20 heavy (non-hydrogen) atoms. The van der Waals surface area contributed by atoms with Crippen LogP contribution in [0.3, 0.4) is 0 Å². The Labute approximate surface area is 115 Å². The van der Waals surface area contributed by atoms with Crippen molar-refractivity contribution in [1.82, 2.24) is 10.2 Å². The molecule has 0 spiro atoms. The van der Waals surface area contributed by atoms with E-state index in [4.69, 9.17) is 0 Å². The third-order valence-corrected chi connectivity index (χ3v) is 3.38. The minimum Gasteiger partial charge on any atom is -0.357 e. The van der Waals surface area contributed by atoms with Crippen molar-refractivity contribution in [1.29, 1.82) is 0 Å². The number of halogens is 1. The van der Waals surface area contributed by atoms with E-state index in [0.29, 0.717) is 17.4 Å². The van der Waals surface area contributed by atoms with Crippen LogP contribution in [0.15, 0.2) is 18.2 Å². The topological polar surface area (TPSA) is 66.5 Å². The van der Waals surface area contributed by atoms with Gasteiger partial charge in [-0.1, -0.05) is 0 Å². The van der Waals surface area contributed by atoms with Crippen LogP contribution in [0.4, 0.5) is 4.39 Å². The summed E-state index contributed by atoms with van der Waals surface area (Å²) in [7, 11) is 1.48. The molecule has 0 radical (unpaired) electrons. The zero-order chi connectivity index (χ0) is 14.7. The zero-order valence-corrected chi connectivity index (χ0v) is 11.1. The summed E-state index contributed by atoms with van der Waals surface area (Å²) in [4.78, 5) is 36.0. The van der Waals surface area contributed by atoms with E-state index in [2.05, 4.69) is 5.32 Å². The van der Waals surface area contributed by atoms with Crippen LogP contribution in [0.25, 0.3) is 0 Å². The minimum atomic E-state index is -0.715. The molecule has 1 aliphatic heterocycles. The molecule has 1 aromatic carbocycles. The van der Waals surface area contributed by atoms with Crippen molar-refractivity contribution in [2.24, 2.45) is 0 Å². The number of amides is 2. The van der Waals surface area contributed by atoms with Gasteiger partial charge in [-0.05, 0) is 30.2 Å². The Morgan fingerprint density at radius 2 is 2.30 bits per heavy atom. The van der Waals surface area contributed by atoms with E-state index in [1.165, 1.54) is 30.1 Å². The number of aldehydes is 1. The van der Waals surface area contributed by atoms with Crippen LogP contribution in [-0.2, 0) is 16.1 Å². The lowest BCUT2D eigenvalue weighted by atomic mass is 10.1. The first-order valence-electron chi connectivity index (χ1n) is 6.33. The van der Waals surface area contributed by atoms with Crippen LogP contribution in [0.1, 0.15) is 28.8 Å². The van der Waals surface area contributed by atoms with Gasteiger partial charge in [-0.2, -0.15) is 0 Å². The largest absolute Gasteiger partial charge is 0.357 e. The highest BCUT2D eigenvalue weighted by atomic mass is 19.1. The maximum atomic E-state index is 13.2. The third-order valence-electron chi connectivity index (χ3n) is 3.38. The van der Waals surface area contributed by atoms with E-state index in [0.717, 1.165) is 0 Å². The van der Waals surface area contributed by atoms with Gasteiger partial charge < -0.3 is 15.0 Å². The number of carbonyl (C=O) groups is 3. The van der Waals surface area contributed by atoms with Gasteiger partial charge in [0.05, 0.1) is 0 Å². The van der Waals surface area contributed by atoms with Crippen molar-refractivity contribution in [3.05, 3.63) is 35.1 Å². The predicted molar refractivity (Wildman–Crippen MR) is 69.4 cm³/mol. The molecule has 106 valence electrons. The highest BCUT2D eigenvalue weighted by molar-refractivity contribution is 6.01. The summed E-state index contributed by atoms with van der Waals surface area (Å²) < 4.78 is 13.2. The summed E-state index contributed by atoms with van der Waals surface area (Å²) in [5.74, 6) is -1.05. The van der Waals surface area contributed by atoms with Gasteiger partial charge in [0, 0.05) is 25.6 Å². The molecule has 0 saturated carbocycles. The van der Waals surface area contributed by atoms with Crippen molar-refractivity contribution >= 4 is 18.1 Å². The van der Waals surface area contributed by atoms with Gasteiger partial charge in [0.25, 0.3) is 5.91 Å². The van der Waals surface area contributed by atoms with Crippen LogP contribution in [0, 0.1) is 5.82 Å². The lowest BCUT2D eigenvalue weighted by Crippen LogP contribution is -2.46. The molecule has 1 aliphatic rings. The van der Waals surface area contributed by atoms with Crippen LogP contribution < -0.4 is 5.32 Å². The molecular weight excluding hydrogens is 263 g/mol. The van der Waals surface area contributed by atoms with E-state index < -0.39 is 11.9 Å². The maximum Gasteiger partial charge on any atom is 0.255 e. The molecule has 0 aromatic heterocycles. The molecule has 1 aromatic rings. The summed E-state index contributed by atoms with van der Waals surface area (Å²) >= 11 is 0. The number of hydrogen-bond acceptors (Lipinski definition) is 3. The minimum absolute atomic E-state index is 0.183. The normalized spacial score (nSPS) is 14.9. The SMILES string of the molecule is CNC(=O)C(CCC=O)N1Cc2cc(F)ccc2C1=O. The Balaban J connectivity index is 2.26. The summed E-state index contributed by atoms with van der Waals surface area (Å²) in [6.07, 6.45) is 1.15. The van der Waals surface area contributed by atoms with Gasteiger partial charge in [-0.15, -0.1) is 0 Å². The summed E-state index contributed by atoms with van der Waals surface area (Å²) in [6.45, 7) is 0.183. The Bertz CT molecular complexity index is 559. The molecule has 0 fully saturated rings. The van der Waals surface area contributed by atoms with Crippen molar-refractivity contribution in [3.8, 4) is 0 Å². The predicted octanol–water partition coefficient (Wildman–Crippen LogP) is 0.875. The first-order chi connectivity index (χ1) is 9.58. The summed E-state index contributed by atoms with van der Waals surface area (Å²) in [6, 6.07) is 3.23. The van der Waals surface area contributed by atoms with Gasteiger partial charge in [0.15, 0.2) is 0 Å². The highest BCUT2D eigenvalue weighted by Gasteiger charge is 2.35. The molecule has 1 N–H and O–H groups in total. The molecule has 0 aliphatic carbocycles. The molecule has 6 heteroatoms. The number of hydrogen-bond donors (Lipinski definition) is 1. The van der Waals surface area contributed by atoms with Gasteiger partial charge in [-0.25, -0.2) is 4.39 Å². The number of rotatable bonds is 5. The van der Waals surface area contributed by atoms with Crippen molar-refractivity contribution < 1.29 is 18.8 Å². The number of carbonyl (C=O) groups excluding carboxylic acids is 3. The molecule has 1 heterocycles. The molecule has 2 rings (SSSR count). The molecule has 1 unspecified atom stereocenters.